The summed E-state index contributed by atoms with van der Waals surface area (Å²) in [6.45, 7) is 3.18. The van der Waals surface area contributed by atoms with E-state index in [4.69, 9.17) is 4.98 Å². The maximum atomic E-state index is 4.92. The van der Waals surface area contributed by atoms with Gasteiger partial charge in [-0.3, -0.25) is 0 Å². The van der Waals surface area contributed by atoms with Crippen LogP contribution in [0.1, 0.15) is 63.3 Å². The number of imidazole rings is 1. The zero-order valence-corrected chi connectivity index (χ0v) is 15.5. The summed E-state index contributed by atoms with van der Waals surface area (Å²) < 4.78 is 2.40. The Bertz CT molecular complexity index is 758. The summed E-state index contributed by atoms with van der Waals surface area (Å²) in [5.41, 5.74) is 3.71. The van der Waals surface area contributed by atoms with E-state index in [1.165, 1.54) is 61.9 Å². The van der Waals surface area contributed by atoms with Gasteiger partial charge in [-0.15, -0.1) is 0 Å². The van der Waals surface area contributed by atoms with Gasteiger partial charge < -0.3 is 4.57 Å². The molecule has 0 saturated carbocycles. The van der Waals surface area contributed by atoms with Crippen LogP contribution in [-0.4, -0.2) is 9.55 Å². The number of aromatic nitrogens is 2. The van der Waals surface area contributed by atoms with E-state index in [9.17, 15) is 0 Å². The monoisotopic (exact) mass is 334 g/mol. The van der Waals surface area contributed by atoms with Crippen LogP contribution in [-0.2, 0) is 13.0 Å². The average Bonchev–Trinajstić information content (AvgIpc) is 2.99. The predicted molar refractivity (Wildman–Crippen MR) is 107 cm³/mol. The molecule has 0 N–H and O–H groups in total. The van der Waals surface area contributed by atoms with Gasteiger partial charge in [0, 0.05) is 13.0 Å². The minimum absolute atomic E-state index is 0.910. The Kier molecular flexibility index (Phi) is 6.67. The standard InChI is InChI=1S/C23H30N2/c1-2-3-4-5-6-7-11-18-23-24-21-16-12-13-17-22(21)25(23)19-20-14-9-8-10-15-20/h8-10,12-17H,2-7,11,18-19H2,1H3. The van der Waals surface area contributed by atoms with Gasteiger partial charge in [-0.05, 0) is 24.1 Å². The largest absolute Gasteiger partial charge is 0.323 e. The highest BCUT2D eigenvalue weighted by Gasteiger charge is 2.10. The highest BCUT2D eigenvalue weighted by Crippen LogP contribution is 2.20. The second-order valence-electron chi connectivity index (χ2n) is 6.96. The Morgan fingerprint density at radius 2 is 1.44 bits per heavy atom. The molecule has 1 heterocycles. The van der Waals surface area contributed by atoms with Crippen LogP contribution in [0.25, 0.3) is 11.0 Å². The van der Waals surface area contributed by atoms with Crippen molar-refractivity contribution in [2.24, 2.45) is 0 Å². The predicted octanol–water partition coefficient (Wildman–Crippen LogP) is 6.38. The van der Waals surface area contributed by atoms with Crippen molar-refractivity contribution in [1.29, 1.82) is 0 Å². The lowest BCUT2D eigenvalue weighted by atomic mass is 10.1. The normalized spacial score (nSPS) is 11.2. The minimum Gasteiger partial charge on any atom is -0.323 e. The van der Waals surface area contributed by atoms with Crippen molar-refractivity contribution in [2.45, 2.75) is 64.8 Å². The molecule has 132 valence electrons. The van der Waals surface area contributed by atoms with Crippen LogP contribution in [0.3, 0.4) is 0 Å². The molecule has 0 unspecified atom stereocenters. The maximum absolute atomic E-state index is 4.92. The fraction of sp³-hybridized carbons (Fsp3) is 0.435. The van der Waals surface area contributed by atoms with Gasteiger partial charge in [0.2, 0.25) is 0 Å². The van der Waals surface area contributed by atoms with Gasteiger partial charge >= 0.3 is 0 Å². The fourth-order valence-corrected chi connectivity index (χ4v) is 3.50. The molecule has 2 nitrogen and oxygen atoms in total. The summed E-state index contributed by atoms with van der Waals surface area (Å²) in [6.07, 6.45) is 10.5. The molecule has 0 radical (unpaired) electrons. The van der Waals surface area contributed by atoms with Crippen LogP contribution >= 0.6 is 0 Å². The van der Waals surface area contributed by atoms with Crippen LogP contribution in [0, 0.1) is 0 Å². The van der Waals surface area contributed by atoms with Gasteiger partial charge in [0.05, 0.1) is 11.0 Å². The number of benzene rings is 2. The molecule has 1 aromatic heterocycles. The second-order valence-corrected chi connectivity index (χ2v) is 6.96. The Morgan fingerprint density at radius 1 is 0.760 bits per heavy atom. The first-order valence-corrected chi connectivity index (χ1v) is 9.86. The molecule has 0 fully saturated rings. The van der Waals surface area contributed by atoms with Gasteiger partial charge in [-0.25, -0.2) is 4.98 Å². The summed E-state index contributed by atoms with van der Waals surface area (Å²) in [5.74, 6) is 1.23. The molecule has 3 rings (SSSR count). The highest BCUT2D eigenvalue weighted by molar-refractivity contribution is 5.76. The fourth-order valence-electron chi connectivity index (χ4n) is 3.50. The molecule has 2 aromatic carbocycles. The molecule has 25 heavy (non-hydrogen) atoms. The molecular weight excluding hydrogens is 304 g/mol. The van der Waals surface area contributed by atoms with Crippen LogP contribution < -0.4 is 0 Å². The van der Waals surface area contributed by atoms with Gasteiger partial charge in [-0.1, -0.05) is 87.9 Å². The summed E-state index contributed by atoms with van der Waals surface area (Å²) >= 11 is 0. The molecule has 0 amide bonds. The van der Waals surface area contributed by atoms with Crippen molar-refractivity contribution in [2.75, 3.05) is 0 Å². The molecule has 0 atom stereocenters. The van der Waals surface area contributed by atoms with E-state index in [1.54, 1.807) is 0 Å². The molecule has 0 saturated heterocycles. The number of fused-ring (bicyclic) bond motifs is 1. The van der Waals surface area contributed by atoms with Crippen LogP contribution in [0.5, 0.6) is 0 Å². The molecular formula is C23H30N2. The zero-order valence-electron chi connectivity index (χ0n) is 15.5. The smallest absolute Gasteiger partial charge is 0.110 e. The summed E-state index contributed by atoms with van der Waals surface area (Å²) in [5, 5.41) is 0. The van der Waals surface area contributed by atoms with E-state index >= 15 is 0 Å². The number of para-hydroxylation sites is 2. The maximum Gasteiger partial charge on any atom is 0.110 e. The van der Waals surface area contributed by atoms with Gasteiger partial charge in [0.25, 0.3) is 0 Å². The van der Waals surface area contributed by atoms with E-state index in [1.807, 2.05) is 0 Å². The molecule has 0 spiro atoms. The number of hydrogen-bond donors (Lipinski definition) is 0. The Hall–Kier alpha value is -2.09. The third kappa shape index (κ3) is 4.94. The number of hydrogen-bond acceptors (Lipinski definition) is 1. The van der Waals surface area contributed by atoms with Gasteiger partial charge in [0.15, 0.2) is 0 Å². The molecule has 2 heteroatoms. The van der Waals surface area contributed by atoms with E-state index in [0.29, 0.717) is 0 Å². The van der Waals surface area contributed by atoms with Crippen LogP contribution in [0.15, 0.2) is 54.6 Å². The number of aryl methyl sites for hydroxylation is 1. The van der Waals surface area contributed by atoms with Crippen molar-refractivity contribution in [3.63, 3.8) is 0 Å². The Morgan fingerprint density at radius 3 is 2.24 bits per heavy atom. The summed E-state index contributed by atoms with van der Waals surface area (Å²) in [6, 6.07) is 19.2. The van der Waals surface area contributed by atoms with E-state index in [2.05, 4.69) is 66.1 Å². The topological polar surface area (TPSA) is 17.8 Å². The van der Waals surface area contributed by atoms with E-state index < -0.39 is 0 Å². The first-order chi connectivity index (χ1) is 12.4. The van der Waals surface area contributed by atoms with Crippen LogP contribution in [0.2, 0.25) is 0 Å². The lowest BCUT2D eigenvalue weighted by Crippen LogP contribution is -2.05. The van der Waals surface area contributed by atoms with Crippen LogP contribution in [0.4, 0.5) is 0 Å². The minimum atomic E-state index is 0.910. The van der Waals surface area contributed by atoms with E-state index in [-0.39, 0.29) is 0 Å². The highest BCUT2D eigenvalue weighted by atomic mass is 15.1. The first-order valence-electron chi connectivity index (χ1n) is 9.86. The molecule has 0 aliphatic heterocycles. The van der Waals surface area contributed by atoms with Crippen molar-refractivity contribution in [1.82, 2.24) is 9.55 Å². The van der Waals surface area contributed by atoms with Gasteiger partial charge in [0.1, 0.15) is 5.82 Å². The summed E-state index contributed by atoms with van der Waals surface area (Å²) in [7, 11) is 0. The molecule has 0 bridgehead atoms. The third-order valence-corrected chi connectivity index (χ3v) is 4.92. The number of rotatable bonds is 10. The zero-order chi connectivity index (χ0) is 17.3. The Balaban J connectivity index is 1.66. The van der Waals surface area contributed by atoms with Crippen molar-refractivity contribution in [3.05, 3.63) is 66.0 Å². The van der Waals surface area contributed by atoms with Crippen molar-refractivity contribution in [3.8, 4) is 0 Å². The lowest BCUT2D eigenvalue weighted by molar-refractivity contribution is 0.578. The van der Waals surface area contributed by atoms with Crippen molar-refractivity contribution < 1.29 is 0 Å². The quantitative estimate of drug-likeness (QED) is 0.393. The van der Waals surface area contributed by atoms with Crippen molar-refractivity contribution >= 4 is 11.0 Å². The first kappa shape index (κ1) is 17.7. The average molecular weight is 335 g/mol. The Labute approximate surface area is 151 Å². The summed E-state index contributed by atoms with van der Waals surface area (Å²) in [4.78, 5) is 4.92. The van der Waals surface area contributed by atoms with Gasteiger partial charge in [-0.2, -0.15) is 0 Å². The SMILES string of the molecule is CCCCCCCCCc1nc2ccccc2n1Cc1ccccc1. The lowest BCUT2D eigenvalue weighted by Gasteiger charge is -2.09. The number of unbranched alkanes of at least 4 members (excludes halogenated alkanes) is 6. The molecule has 0 aliphatic carbocycles. The van der Waals surface area contributed by atoms with E-state index in [0.717, 1.165) is 18.5 Å². The molecule has 0 aliphatic rings. The second kappa shape index (κ2) is 9.41. The third-order valence-electron chi connectivity index (χ3n) is 4.92. The number of nitrogens with zero attached hydrogens (tertiary/aromatic N) is 2. The molecule has 3 aromatic rings.